The van der Waals surface area contributed by atoms with Crippen molar-refractivity contribution in [1.82, 2.24) is 4.90 Å². The molecule has 0 saturated heterocycles. The topological polar surface area (TPSA) is 86.3 Å². The van der Waals surface area contributed by atoms with Crippen LogP contribution in [-0.2, 0) is 42.6 Å². The maximum atomic E-state index is 5.45. The predicted octanol–water partition coefficient (Wildman–Crippen LogP) is 1.09. The molecule has 0 aliphatic carbocycles. The van der Waals surface area contributed by atoms with E-state index in [-0.39, 0.29) is 0 Å². The monoisotopic (exact) mass is 547 g/mol. The molecular formula is C22H46BrNO9. The lowest BCUT2D eigenvalue weighted by atomic mass is 10.6. The molecule has 0 spiro atoms. The lowest BCUT2D eigenvalue weighted by molar-refractivity contribution is -0.0249. The number of rotatable bonds is 29. The van der Waals surface area contributed by atoms with Gasteiger partial charge in [0.1, 0.15) is 0 Å². The molecular weight excluding hydrogens is 502 g/mol. The Labute approximate surface area is 208 Å². The van der Waals surface area contributed by atoms with Crippen molar-refractivity contribution in [2.75, 3.05) is 145 Å². The molecule has 10 nitrogen and oxygen atoms in total. The van der Waals surface area contributed by atoms with Crippen molar-refractivity contribution in [3.05, 3.63) is 0 Å². The summed E-state index contributed by atoms with van der Waals surface area (Å²) in [6.07, 6.45) is 0. The molecule has 0 heterocycles. The summed E-state index contributed by atoms with van der Waals surface area (Å²) in [5, 5.41) is 0.844. The van der Waals surface area contributed by atoms with Crippen molar-refractivity contribution in [3.8, 4) is 0 Å². The lowest BCUT2D eigenvalue weighted by Crippen LogP contribution is -2.19. The maximum Gasteiger partial charge on any atom is 0.0701 e. The van der Waals surface area contributed by atoms with Gasteiger partial charge in [-0.2, -0.15) is 0 Å². The third-order valence-corrected chi connectivity index (χ3v) is 4.20. The van der Waals surface area contributed by atoms with Crippen LogP contribution in [0, 0.1) is 0 Å². The average molecular weight is 549 g/mol. The van der Waals surface area contributed by atoms with Crippen molar-refractivity contribution >= 4 is 15.9 Å². The van der Waals surface area contributed by atoms with Gasteiger partial charge in [0.2, 0.25) is 0 Å². The van der Waals surface area contributed by atoms with E-state index in [9.17, 15) is 0 Å². The number of hydrogen-bond acceptors (Lipinski definition) is 10. The number of nitrogens with zero attached hydrogens (tertiary/aromatic N) is 1. The highest BCUT2D eigenvalue weighted by molar-refractivity contribution is 9.09. The van der Waals surface area contributed by atoms with E-state index in [1.807, 2.05) is 14.1 Å². The molecule has 200 valence electrons. The molecule has 0 aromatic heterocycles. The SMILES string of the molecule is CN(C)CCOCCOCCOCCOCCOCCOCCOCCOCCOCCBr. The highest BCUT2D eigenvalue weighted by atomic mass is 79.9. The first-order valence-corrected chi connectivity index (χ1v) is 12.8. The van der Waals surface area contributed by atoms with Crippen molar-refractivity contribution in [3.63, 3.8) is 0 Å². The standard InChI is InChI=1S/C22H46BrNO9/c1-24(2)4-6-26-8-10-28-12-14-30-16-18-32-20-22-33-21-19-31-17-15-29-13-11-27-9-7-25-5-3-23/h3-22H2,1-2H3. The van der Waals surface area contributed by atoms with Crippen LogP contribution in [0.5, 0.6) is 0 Å². The first-order valence-electron chi connectivity index (χ1n) is 11.7. The van der Waals surface area contributed by atoms with E-state index in [0.29, 0.717) is 112 Å². The maximum absolute atomic E-state index is 5.45. The van der Waals surface area contributed by atoms with Crippen LogP contribution in [0.15, 0.2) is 0 Å². The quantitative estimate of drug-likeness (QED) is 0.100. The summed E-state index contributed by atoms with van der Waals surface area (Å²) in [6.45, 7) is 11.3. The van der Waals surface area contributed by atoms with Gasteiger partial charge in [-0.3, -0.25) is 0 Å². The van der Waals surface area contributed by atoms with Gasteiger partial charge in [-0.05, 0) is 14.1 Å². The molecule has 0 bridgehead atoms. The van der Waals surface area contributed by atoms with Crippen LogP contribution in [0.4, 0.5) is 0 Å². The predicted molar refractivity (Wildman–Crippen MR) is 130 cm³/mol. The van der Waals surface area contributed by atoms with E-state index in [0.717, 1.165) is 18.5 Å². The minimum Gasteiger partial charge on any atom is -0.378 e. The van der Waals surface area contributed by atoms with E-state index in [4.69, 9.17) is 42.6 Å². The highest BCUT2D eigenvalue weighted by Crippen LogP contribution is 1.87. The summed E-state index contributed by atoms with van der Waals surface area (Å²) < 4.78 is 48.7. The van der Waals surface area contributed by atoms with E-state index < -0.39 is 0 Å². The van der Waals surface area contributed by atoms with Crippen molar-refractivity contribution in [1.29, 1.82) is 0 Å². The van der Waals surface area contributed by atoms with Gasteiger partial charge in [0.15, 0.2) is 0 Å². The molecule has 0 unspecified atom stereocenters. The van der Waals surface area contributed by atoms with Gasteiger partial charge < -0.3 is 47.5 Å². The van der Waals surface area contributed by atoms with Crippen LogP contribution >= 0.6 is 15.9 Å². The third-order valence-electron chi connectivity index (χ3n) is 3.88. The lowest BCUT2D eigenvalue weighted by Gasteiger charge is -2.10. The van der Waals surface area contributed by atoms with Crippen molar-refractivity contribution < 1.29 is 42.6 Å². The van der Waals surface area contributed by atoms with Gasteiger partial charge in [0.25, 0.3) is 0 Å². The second-order valence-electron chi connectivity index (χ2n) is 7.00. The first kappa shape index (κ1) is 33.1. The second-order valence-corrected chi connectivity index (χ2v) is 7.80. The molecule has 0 N–H and O–H groups in total. The van der Waals surface area contributed by atoms with Crippen LogP contribution in [0.3, 0.4) is 0 Å². The van der Waals surface area contributed by atoms with E-state index in [2.05, 4.69) is 20.8 Å². The van der Waals surface area contributed by atoms with Gasteiger partial charge in [-0.1, -0.05) is 15.9 Å². The fraction of sp³-hybridized carbons (Fsp3) is 1.00. The normalized spacial score (nSPS) is 11.6. The average Bonchev–Trinajstić information content (AvgIpc) is 2.80. The van der Waals surface area contributed by atoms with Crippen LogP contribution in [-0.4, -0.2) is 150 Å². The molecule has 0 saturated carbocycles. The fourth-order valence-electron chi connectivity index (χ4n) is 2.16. The number of ether oxygens (including phenoxy) is 9. The Bertz CT molecular complexity index is 358. The molecule has 0 radical (unpaired) electrons. The van der Waals surface area contributed by atoms with Crippen molar-refractivity contribution in [2.45, 2.75) is 0 Å². The van der Waals surface area contributed by atoms with Gasteiger partial charge in [-0.15, -0.1) is 0 Å². The number of halogens is 1. The molecule has 11 heteroatoms. The molecule has 0 fully saturated rings. The molecule has 0 aromatic rings. The molecule has 0 amide bonds. The molecule has 0 aliphatic rings. The Hall–Kier alpha value is 0.0800. The summed E-state index contributed by atoms with van der Waals surface area (Å²) in [5.74, 6) is 0. The zero-order chi connectivity index (χ0) is 24.1. The Morgan fingerprint density at radius 2 is 0.576 bits per heavy atom. The smallest absolute Gasteiger partial charge is 0.0701 e. The molecule has 33 heavy (non-hydrogen) atoms. The Kier molecular flexibility index (Phi) is 30.2. The Balaban J connectivity index is 3.00. The number of hydrogen-bond donors (Lipinski definition) is 0. The molecule has 0 aliphatic heterocycles. The second kappa shape index (κ2) is 30.1. The van der Waals surface area contributed by atoms with Crippen LogP contribution in [0.1, 0.15) is 0 Å². The van der Waals surface area contributed by atoms with Gasteiger partial charge in [-0.25, -0.2) is 0 Å². The Morgan fingerprint density at radius 3 is 0.788 bits per heavy atom. The summed E-state index contributed by atoms with van der Waals surface area (Å²) >= 11 is 3.30. The largest absolute Gasteiger partial charge is 0.378 e. The minimum absolute atomic E-state index is 0.535. The van der Waals surface area contributed by atoms with E-state index in [1.165, 1.54) is 0 Å². The third kappa shape index (κ3) is 32.1. The molecule has 0 rings (SSSR count). The zero-order valence-electron chi connectivity index (χ0n) is 20.6. The first-order chi connectivity index (χ1) is 16.3. The summed E-state index contributed by atoms with van der Waals surface area (Å²) in [4.78, 5) is 2.08. The fourth-order valence-corrected chi connectivity index (χ4v) is 2.39. The highest BCUT2D eigenvalue weighted by Gasteiger charge is 1.96. The molecule has 0 atom stereocenters. The van der Waals surface area contributed by atoms with Gasteiger partial charge in [0, 0.05) is 11.9 Å². The van der Waals surface area contributed by atoms with Crippen LogP contribution in [0.2, 0.25) is 0 Å². The number of likely N-dealkylation sites (N-methyl/N-ethyl adjacent to an activating group) is 1. The van der Waals surface area contributed by atoms with Gasteiger partial charge >= 0.3 is 0 Å². The van der Waals surface area contributed by atoms with E-state index in [1.54, 1.807) is 0 Å². The minimum atomic E-state index is 0.535. The van der Waals surface area contributed by atoms with Crippen LogP contribution < -0.4 is 0 Å². The Morgan fingerprint density at radius 1 is 0.364 bits per heavy atom. The summed E-state index contributed by atoms with van der Waals surface area (Å²) in [7, 11) is 4.04. The summed E-state index contributed by atoms with van der Waals surface area (Å²) in [5.41, 5.74) is 0. The number of alkyl halides is 1. The van der Waals surface area contributed by atoms with E-state index >= 15 is 0 Å². The summed E-state index contributed by atoms with van der Waals surface area (Å²) in [6, 6.07) is 0. The zero-order valence-corrected chi connectivity index (χ0v) is 22.2. The molecule has 0 aromatic carbocycles. The van der Waals surface area contributed by atoms with Crippen LogP contribution in [0.25, 0.3) is 0 Å². The van der Waals surface area contributed by atoms with Gasteiger partial charge in [0.05, 0.1) is 119 Å². The van der Waals surface area contributed by atoms with Crippen molar-refractivity contribution in [2.24, 2.45) is 0 Å².